The lowest BCUT2D eigenvalue weighted by atomic mass is 10.3. The SMILES string of the molecule is Cc1csc(CCNCCCCN2CCCC2)n1. The number of aryl methyl sites for hydroxylation is 1. The Kier molecular flexibility index (Phi) is 6.11. The van der Waals surface area contributed by atoms with E-state index in [-0.39, 0.29) is 0 Å². The number of hydrogen-bond donors (Lipinski definition) is 1. The third-order valence-electron chi connectivity index (χ3n) is 3.46. The lowest BCUT2D eigenvalue weighted by Gasteiger charge is -2.13. The average Bonchev–Trinajstić information content (AvgIpc) is 3.00. The van der Waals surface area contributed by atoms with Crippen LogP contribution in [0.15, 0.2) is 5.38 Å². The van der Waals surface area contributed by atoms with E-state index in [0.717, 1.165) is 25.2 Å². The Morgan fingerprint density at radius 1 is 1.28 bits per heavy atom. The van der Waals surface area contributed by atoms with Crippen molar-refractivity contribution >= 4 is 11.3 Å². The zero-order valence-electron chi connectivity index (χ0n) is 11.5. The normalized spacial score (nSPS) is 16.5. The molecular weight excluding hydrogens is 242 g/mol. The average molecular weight is 267 g/mol. The predicted octanol–water partition coefficient (Wildman–Crippen LogP) is 2.46. The second-order valence-corrected chi connectivity index (χ2v) is 6.08. The molecule has 18 heavy (non-hydrogen) atoms. The Morgan fingerprint density at radius 2 is 2.11 bits per heavy atom. The molecule has 0 aliphatic carbocycles. The van der Waals surface area contributed by atoms with E-state index in [9.17, 15) is 0 Å². The highest BCUT2D eigenvalue weighted by Gasteiger charge is 2.09. The van der Waals surface area contributed by atoms with Crippen LogP contribution in [0.25, 0.3) is 0 Å². The van der Waals surface area contributed by atoms with Crippen LogP contribution >= 0.6 is 11.3 Å². The molecule has 1 saturated heterocycles. The Morgan fingerprint density at radius 3 is 2.83 bits per heavy atom. The molecule has 0 bridgehead atoms. The summed E-state index contributed by atoms with van der Waals surface area (Å²) in [6, 6.07) is 0. The van der Waals surface area contributed by atoms with Gasteiger partial charge in [0.1, 0.15) is 0 Å². The topological polar surface area (TPSA) is 28.2 Å². The minimum absolute atomic E-state index is 1.07. The molecule has 102 valence electrons. The van der Waals surface area contributed by atoms with Crippen molar-refractivity contribution in [3.05, 3.63) is 16.1 Å². The van der Waals surface area contributed by atoms with E-state index in [4.69, 9.17) is 0 Å². The first-order valence-corrected chi connectivity index (χ1v) is 8.06. The number of nitrogens with one attached hydrogen (secondary N) is 1. The first-order valence-electron chi connectivity index (χ1n) is 7.19. The molecule has 3 nitrogen and oxygen atoms in total. The van der Waals surface area contributed by atoms with E-state index in [0.29, 0.717) is 0 Å². The van der Waals surface area contributed by atoms with Gasteiger partial charge in [-0.3, -0.25) is 0 Å². The van der Waals surface area contributed by atoms with Crippen molar-refractivity contribution < 1.29 is 0 Å². The van der Waals surface area contributed by atoms with Gasteiger partial charge in [0.2, 0.25) is 0 Å². The summed E-state index contributed by atoms with van der Waals surface area (Å²) >= 11 is 1.78. The monoisotopic (exact) mass is 267 g/mol. The van der Waals surface area contributed by atoms with Crippen LogP contribution in [-0.2, 0) is 6.42 Å². The summed E-state index contributed by atoms with van der Waals surface area (Å²) in [6.07, 6.45) is 6.53. The minimum atomic E-state index is 1.07. The molecule has 1 aromatic heterocycles. The maximum absolute atomic E-state index is 4.47. The van der Waals surface area contributed by atoms with Gasteiger partial charge in [-0.05, 0) is 58.8 Å². The van der Waals surface area contributed by atoms with E-state index in [1.54, 1.807) is 11.3 Å². The van der Waals surface area contributed by atoms with Crippen LogP contribution in [0.4, 0.5) is 0 Å². The molecule has 0 saturated carbocycles. The zero-order valence-corrected chi connectivity index (χ0v) is 12.3. The summed E-state index contributed by atoms with van der Waals surface area (Å²) < 4.78 is 0. The summed E-state index contributed by atoms with van der Waals surface area (Å²) in [5.41, 5.74) is 1.15. The molecule has 1 N–H and O–H groups in total. The van der Waals surface area contributed by atoms with Crippen LogP contribution in [0.1, 0.15) is 36.4 Å². The van der Waals surface area contributed by atoms with Crippen molar-refractivity contribution in [3.63, 3.8) is 0 Å². The van der Waals surface area contributed by atoms with Gasteiger partial charge in [-0.1, -0.05) is 0 Å². The van der Waals surface area contributed by atoms with Crippen molar-refractivity contribution in [2.75, 3.05) is 32.7 Å². The molecule has 0 amide bonds. The molecule has 4 heteroatoms. The molecule has 1 aromatic rings. The minimum Gasteiger partial charge on any atom is -0.316 e. The first-order chi connectivity index (χ1) is 8.84. The molecule has 0 spiro atoms. The Hall–Kier alpha value is -0.450. The third kappa shape index (κ3) is 5.04. The highest BCUT2D eigenvalue weighted by molar-refractivity contribution is 7.09. The fourth-order valence-electron chi connectivity index (χ4n) is 2.43. The number of hydrogen-bond acceptors (Lipinski definition) is 4. The van der Waals surface area contributed by atoms with Gasteiger partial charge >= 0.3 is 0 Å². The molecule has 1 fully saturated rings. The van der Waals surface area contributed by atoms with Crippen LogP contribution in [-0.4, -0.2) is 42.6 Å². The summed E-state index contributed by atoms with van der Waals surface area (Å²) in [4.78, 5) is 7.06. The van der Waals surface area contributed by atoms with E-state index >= 15 is 0 Å². The fourth-order valence-corrected chi connectivity index (χ4v) is 3.21. The second kappa shape index (κ2) is 7.87. The Labute approximate surface area is 115 Å². The van der Waals surface area contributed by atoms with Gasteiger partial charge in [-0.25, -0.2) is 4.98 Å². The first kappa shape index (κ1) is 14.0. The molecule has 0 atom stereocenters. The summed E-state index contributed by atoms with van der Waals surface area (Å²) in [6.45, 7) is 8.24. The van der Waals surface area contributed by atoms with E-state index in [2.05, 4.69) is 27.5 Å². The Balaban J connectivity index is 1.41. The van der Waals surface area contributed by atoms with Crippen LogP contribution in [0.2, 0.25) is 0 Å². The number of thiazole rings is 1. The van der Waals surface area contributed by atoms with Crippen LogP contribution in [0.5, 0.6) is 0 Å². The molecular formula is C14H25N3S. The number of nitrogens with zero attached hydrogens (tertiary/aromatic N) is 2. The van der Waals surface area contributed by atoms with Gasteiger partial charge in [0, 0.05) is 24.0 Å². The summed E-state index contributed by atoms with van der Waals surface area (Å²) in [7, 11) is 0. The quantitative estimate of drug-likeness (QED) is 0.733. The smallest absolute Gasteiger partial charge is 0.0940 e. The molecule has 1 aliphatic rings. The van der Waals surface area contributed by atoms with Gasteiger partial charge in [0.05, 0.1) is 5.01 Å². The summed E-state index contributed by atoms with van der Waals surface area (Å²) in [5, 5.41) is 6.91. The van der Waals surface area contributed by atoms with Crippen molar-refractivity contribution in [1.29, 1.82) is 0 Å². The highest BCUT2D eigenvalue weighted by Crippen LogP contribution is 2.09. The maximum atomic E-state index is 4.47. The van der Waals surface area contributed by atoms with Gasteiger partial charge < -0.3 is 10.2 Å². The van der Waals surface area contributed by atoms with Gasteiger partial charge in [-0.15, -0.1) is 11.3 Å². The maximum Gasteiger partial charge on any atom is 0.0940 e. The largest absolute Gasteiger partial charge is 0.316 e. The molecule has 2 heterocycles. The highest BCUT2D eigenvalue weighted by atomic mass is 32.1. The third-order valence-corrected chi connectivity index (χ3v) is 4.49. The molecule has 2 rings (SSSR count). The second-order valence-electron chi connectivity index (χ2n) is 5.14. The molecule has 0 radical (unpaired) electrons. The van der Waals surface area contributed by atoms with Crippen LogP contribution < -0.4 is 5.32 Å². The zero-order chi connectivity index (χ0) is 12.6. The summed E-state index contributed by atoms with van der Waals surface area (Å²) in [5.74, 6) is 0. The standard InChI is InChI=1S/C14H25N3S/c1-13-12-18-14(16-13)6-8-15-7-2-3-9-17-10-4-5-11-17/h12,15H,2-11H2,1H3. The number of likely N-dealkylation sites (tertiary alicyclic amines) is 1. The molecule has 1 aliphatic heterocycles. The molecule has 0 aromatic carbocycles. The molecule has 0 unspecified atom stereocenters. The fraction of sp³-hybridized carbons (Fsp3) is 0.786. The van der Waals surface area contributed by atoms with E-state index in [1.165, 1.54) is 50.3 Å². The van der Waals surface area contributed by atoms with E-state index < -0.39 is 0 Å². The Bertz CT molecular complexity index is 332. The lowest BCUT2D eigenvalue weighted by Crippen LogP contribution is -2.23. The van der Waals surface area contributed by atoms with Gasteiger partial charge in [-0.2, -0.15) is 0 Å². The lowest BCUT2D eigenvalue weighted by molar-refractivity contribution is 0.329. The van der Waals surface area contributed by atoms with Gasteiger partial charge in [0.15, 0.2) is 0 Å². The number of rotatable bonds is 8. The van der Waals surface area contributed by atoms with Crippen LogP contribution in [0, 0.1) is 6.92 Å². The van der Waals surface area contributed by atoms with Crippen molar-refractivity contribution in [2.45, 2.75) is 39.0 Å². The number of unbranched alkanes of at least 4 members (excludes halogenated alkanes) is 1. The van der Waals surface area contributed by atoms with Crippen LogP contribution in [0.3, 0.4) is 0 Å². The van der Waals surface area contributed by atoms with Gasteiger partial charge in [0.25, 0.3) is 0 Å². The predicted molar refractivity (Wildman–Crippen MR) is 78.3 cm³/mol. The van der Waals surface area contributed by atoms with Crippen molar-refractivity contribution in [1.82, 2.24) is 15.2 Å². The van der Waals surface area contributed by atoms with Crippen molar-refractivity contribution in [2.24, 2.45) is 0 Å². The van der Waals surface area contributed by atoms with E-state index in [1.807, 2.05) is 0 Å². The number of aromatic nitrogens is 1. The van der Waals surface area contributed by atoms with Crippen molar-refractivity contribution in [3.8, 4) is 0 Å².